The second-order valence-corrected chi connectivity index (χ2v) is 5.94. The van der Waals surface area contributed by atoms with E-state index >= 15 is 0 Å². The van der Waals surface area contributed by atoms with Gasteiger partial charge in [0.1, 0.15) is 0 Å². The smallest absolute Gasteiger partial charge is 0.233 e. The van der Waals surface area contributed by atoms with Crippen LogP contribution >= 0.6 is 0 Å². The number of nitrogens with zero attached hydrogens (tertiary/aromatic N) is 4. The molecular weight excluding hydrogens is 262 g/mol. The first-order valence-electron chi connectivity index (χ1n) is 8.09. The van der Waals surface area contributed by atoms with Gasteiger partial charge in [-0.3, -0.25) is 9.30 Å². The lowest BCUT2D eigenvalue weighted by Crippen LogP contribution is -2.37. The number of imidazole rings is 1. The zero-order valence-corrected chi connectivity index (χ0v) is 12.8. The van der Waals surface area contributed by atoms with Crippen LogP contribution < -0.4 is 5.32 Å². The van der Waals surface area contributed by atoms with Gasteiger partial charge in [0, 0.05) is 37.7 Å². The topological polar surface area (TPSA) is 45.5 Å². The zero-order chi connectivity index (χ0) is 14.5. The molecule has 0 spiro atoms. The summed E-state index contributed by atoms with van der Waals surface area (Å²) in [4.78, 5) is 11.5. The van der Waals surface area contributed by atoms with Crippen molar-refractivity contribution in [2.45, 2.75) is 45.2 Å². The van der Waals surface area contributed by atoms with Crippen LogP contribution in [0.25, 0.3) is 5.78 Å². The molecule has 5 nitrogen and oxygen atoms in total. The third kappa shape index (κ3) is 3.80. The van der Waals surface area contributed by atoms with Gasteiger partial charge in [-0.05, 0) is 38.4 Å². The monoisotopic (exact) mass is 287 g/mol. The molecule has 0 radical (unpaired) electrons. The van der Waals surface area contributed by atoms with E-state index in [0.29, 0.717) is 6.04 Å². The molecule has 1 N–H and O–H groups in total. The summed E-state index contributed by atoms with van der Waals surface area (Å²) in [5.74, 6) is 0.793. The highest BCUT2D eigenvalue weighted by Crippen LogP contribution is 2.11. The van der Waals surface area contributed by atoms with Crippen molar-refractivity contribution in [2.24, 2.45) is 0 Å². The highest BCUT2D eigenvalue weighted by molar-refractivity contribution is 5.29. The standard InChI is InChI=1S/C16H25N5/c1-2-3-9-20(11-14-6-4-7-17-14)12-15-13-21-10-5-8-18-16(21)19-15/h5,8,10,13-14,17H,2-4,6-7,9,11-12H2,1H3. The first-order valence-corrected chi connectivity index (χ1v) is 8.09. The summed E-state index contributed by atoms with van der Waals surface area (Å²) in [5, 5.41) is 3.60. The van der Waals surface area contributed by atoms with E-state index in [1.54, 1.807) is 6.20 Å². The van der Waals surface area contributed by atoms with Crippen LogP contribution in [-0.4, -0.2) is 44.9 Å². The fourth-order valence-corrected chi connectivity index (χ4v) is 3.03. The van der Waals surface area contributed by atoms with E-state index in [-0.39, 0.29) is 0 Å². The number of rotatable bonds is 7. The zero-order valence-electron chi connectivity index (χ0n) is 12.8. The molecule has 1 aliphatic rings. The molecule has 1 unspecified atom stereocenters. The van der Waals surface area contributed by atoms with Crippen molar-refractivity contribution in [3.8, 4) is 0 Å². The van der Waals surface area contributed by atoms with Crippen LogP contribution in [0.1, 0.15) is 38.3 Å². The molecule has 0 amide bonds. The summed E-state index contributed by atoms with van der Waals surface area (Å²) in [6.45, 7) is 6.62. The Bertz CT molecular complexity index is 526. The van der Waals surface area contributed by atoms with Gasteiger partial charge in [-0.1, -0.05) is 13.3 Å². The summed E-state index contributed by atoms with van der Waals surface area (Å²) < 4.78 is 2.00. The predicted molar refractivity (Wildman–Crippen MR) is 84.2 cm³/mol. The van der Waals surface area contributed by atoms with Crippen molar-refractivity contribution in [2.75, 3.05) is 19.6 Å². The SMILES string of the molecule is CCCCN(Cc1cn2cccnc2n1)CC1CCCN1. The van der Waals surface area contributed by atoms with E-state index in [1.165, 1.54) is 32.2 Å². The number of unbranched alkanes of at least 4 members (excludes halogenated alkanes) is 1. The Balaban J connectivity index is 1.66. The number of hydrogen-bond donors (Lipinski definition) is 1. The maximum absolute atomic E-state index is 4.62. The van der Waals surface area contributed by atoms with Gasteiger partial charge in [0.25, 0.3) is 0 Å². The van der Waals surface area contributed by atoms with Crippen molar-refractivity contribution in [1.82, 2.24) is 24.6 Å². The Kier molecular flexibility index (Phi) is 4.83. The summed E-state index contributed by atoms with van der Waals surface area (Å²) in [7, 11) is 0. The largest absolute Gasteiger partial charge is 0.313 e. The lowest BCUT2D eigenvalue weighted by Gasteiger charge is -2.24. The second kappa shape index (κ2) is 7.00. The van der Waals surface area contributed by atoms with E-state index in [1.807, 2.05) is 16.7 Å². The van der Waals surface area contributed by atoms with Crippen LogP contribution in [-0.2, 0) is 6.54 Å². The molecule has 0 bridgehead atoms. The third-order valence-electron chi connectivity index (χ3n) is 4.14. The summed E-state index contributed by atoms with van der Waals surface area (Å²) in [6, 6.07) is 2.59. The molecule has 3 rings (SSSR count). The lowest BCUT2D eigenvalue weighted by atomic mass is 10.2. The maximum Gasteiger partial charge on any atom is 0.233 e. The first kappa shape index (κ1) is 14.5. The van der Waals surface area contributed by atoms with Gasteiger partial charge in [0.05, 0.1) is 5.69 Å². The maximum atomic E-state index is 4.62. The van der Waals surface area contributed by atoms with Crippen molar-refractivity contribution in [3.05, 3.63) is 30.4 Å². The predicted octanol–water partition coefficient (Wildman–Crippen LogP) is 2.08. The summed E-state index contributed by atoms with van der Waals surface area (Å²) >= 11 is 0. The van der Waals surface area contributed by atoms with Crippen LogP contribution in [0.4, 0.5) is 0 Å². The summed E-state index contributed by atoms with van der Waals surface area (Å²) in [5.41, 5.74) is 1.11. The average Bonchev–Trinajstić information content (AvgIpc) is 3.13. The van der Waals surface area contributed by atoms with Crippen LogP contribution in [0.2, 0.25) is 0 Å². The molecule has 114 valence electrons. The van der Waals surface area contributed by atoms with E-state index in [9.17, 15) is 0 Å². The van der Waals surface area contributed by atoms with Crippen molar-refractivity contribution < 1.29 is 0 Å². The van der Waals surface area contributed by atoms with Gasteiger partial charge >= 0.3 is 0 Å². The van der Waals surface area contributed by atoms with E-state index < -0.39 is 0 Å². The average molecular weight is 287 g/mol. The van der Waals surface area contributed by atoms with Gasteiger partial charge in [-0.2, -0.15) is 0 Å². The van der Waals surface area contributed by atoms with Crippen molar-refractivity contribution in [1.29, 1.82) is 0 Å². The van der Waals surface area contributed by atoms with Crippen LogP contribution in [0, 0.1) is 0 Å². The van der Waals surface area contributed by atoms with E-state index in [0.717, 1.165) is 31.1 Å². The van der Waals surface area contributed by atoms with E-state index in [4.69, 9.17) is 0 Å². The molecule has 1 aliphatic heterocycles. The molecule has 5 heteroatoms. The highest BCUT2D eigenvalue weighted by Gasteiger charge is 2.18. The fraction of sp³-hybridized carbons (Fsp3) is 0.625. The van der Waals surface area contributed by atoms with Gasteiger partial charge in [0.2, 0.25) is 5.78 Å². The second-order valence-electron chi connectivity index (χ2n) is 5.94. The Labute approximate surface area is 126 Å². The van der Waals surface area contributed by atoms with Crippen molar-refractivity contribution >= 4 is 5.78 Å². The van der Waals surface area contributed by atoms with Gasteiger partial charge in [-0.15, -0.1) is 0 Å². The number of fused-ring (bicyclic) bond motifs is 1. The molecule has 1 atom stereocenters. The summed E-state index contributed by atoms with van der Waals surface area (Å²) in [6.07, 6.45) is 11.0. The highest BCUT2D eigenvalue weighted by atomic mass is 15.2. The van der Waals surface area contributed by atoms with Gasteiger partial charge < -0.3 is 5.32 Å². The molecule has 2 aromatic rings. The number of nitrogens with one attached hydrogen (secondary N) is 1. The minimum absolute atomic E-state index is 0.650. The minimum atomic E-state index is 0.650. The molecule has 3 heterocycles. The van der Waals surface area contributed by atoms with Crippen LogP contribution in [0.3, 0.4) is 0 Å². The molecule has 21 heavy (non-hydrogen) atoms. The Morgan fingerprint density at radius 3 is 3.19 bits per heavy atom. The molecule has 0 aromatic carbocycles. The van der Waals surface area contributed by atoms with Gasteiger partial charge in [0.15, 0.2) is 0 Å². The molecule has 1 saturated heterocycles. The molecule has 0 saturated carbocycles. The molecule has 2 aromatic heterocycles. The molecule has 0 aliphatic carbocycles. The van der Waals surface area contributed by atoms with Gasteiger partial charge in [-0.25, -0.2) is 9.97 Å². The normalized spacial score (nSPS) is 18.9. The number of hydrogen-bond acceptors (Lipinski definition) is 4. The number of aromatic nitrogens is 3. The van der Waals surface area contributed by atoms with Crippen molar-refractivity contribution in [3.63, 3.8) is 0 Å². The molecular formula is C16H25N5. The van der Waals surface area contributed by atoms with Crippen LogP contribution in [0.15, 0.2) is 24.7 Å². The third-order valence-corrected chi connectivity index (χ3v) is 4.14. The first-order chi connectivity index (χ1) is 10.3. The lowest BCUT2D eigenvalue weighted by molar-refractivity contribution is 0.235. The quantitative estimate of drug-likeness (QED) is 0.847. The van der Waals surface area contributed by atoms with E-state index in [2.05, 4.69) is 33.3 Å². The minimum Gasteiger partial charge on any atom is -0.313 e. The van der Waals surface area contributed by atoms with Crippen LogP contribution in [0.5, 0.6) is 0 Å². The molecule has 1 fully saturated rings. The Morgan fingerprint density at radius 1 is 1.48 bits per heavy atom. The fourth-order valence-electron chi connectivity index (χ4n) is 3.03. The Morgan fingerprint density at radius 2 is 2.43 bits per heavy atom. The Hall–Kier alpha value is -1.46.